The number of rotatable bonds is 2. The Balaban J connectivity index is 1.39. The molecule has 29 heavy (non-hydrogen) atoms. The molecule has 0 N–H and O–H groups in total. The van der Waals surface area contributed by atoms with Gasteiger partial charge >= 0.3 is 0 Å². The number of piperazine rings is 1. The summed E-state index contributed by atoms with van der Waals surface area (Å²) in [6, 6.07) is 17.6. The Morgan fingerprint density at radius 1 is 0.931 bits per heavy atom. The molecule has 146 valence electrons. The SMILES string of the molecule is O=C(c1cc2c(Cl)nc3ccccc3c2s1)N1CCN(c2cccc(Cl)c2)CC1. The molecule has 0 bridgehead atoms. The molecule has 2 aromatic carbocycles. The van der Waals surface area contributed by atoms with Crippen LogP contribution in [0.3, 0.4) is 0 Å². The third kappa shape index (κ3) is 3.44. The molecule has 1 aliphatic heterocycles. The second kappa shape index (κ2) is 7.48. The first kappa shape index (κ1) is 18.7. The molecule has 0 aliphatic carbocycles. The van der Waals surface area contributed by atoms with E-state index in [0.29, 0.717) is 23.1 Å². The molecule has 0 atom stereocenters. The van der Waals surface area contributed by atoms with Crippen LogP contribution in [0.5, 0.6) is 0 Å². The number of nitrogens with zero attached hydrogens (tertiary/aromatic N) is 3. The zero-order valence-electron chi connectivity index (χ0n) is 15.4. The first-order chi connectivity index (χ1) is 14.1. The van der Waals surface area contributed by atoms with E-state index in [1.54, 1.807) is 0 Å². The molecule has 7 heteroatoms. The topological polar surface area (TPSA) is 36.4 Å². The Hall–Kier alpha value is -2.34. The van der Waals surface area contributed by atoms with Crippen molar-refractivity contribution in [3.63, 3.8) is 0 Å². The van der Waals surface area contributed by atoms with E-state index in [4.69, 9.17) is 23.2 Å². The molecule has 1 fully saturated rings. The van der Waals surface area contributed by atoms with Gasteiger partial charge in [0.15, 0.2) is 0 Å². The van der Waals surface area contributed by atoms with Crippen molar-refractivity contribution in [2.24, 2.45) is 0 Å². The molecule has 1 aliphatic rings. The highest BCUT2D eigenvalue weighted by molar-refractivity contribution is 7.21. The Morgan fingerprint density at radius 3 is 2.52 bits per heavy atom. The predicted molar refractivity (Wildman–Crippen MR) is 122 cm³/mol. The molecular weight excluding hydrogens is 425 g/mol. The zero-order chi connectivity index (χ0) is 20.0. The molecule has 1 amide bonds. The number of benzene rings is 2. The monoisotopic (exact) mass is 441 g/mol. The highest BCUT2D eigenvalue weighted by Crippen LogP contribution is 2.36. The standard InChI is InChI=1S/C22H17Cl2N3OS/c23-14-4-3-5-15(12-14)26-8-10-27(11-9-26)22(28)19-13-17-20(29-19)16-6-1-2-7-18(16)25-21(17)24/h1-7,12-13H,8-11H2. The Bertz CT molecular complexity index is 1230. The van der Waals surface area contributed by atoms with E-state index in [1.807, 2.05) is 53.4 Å². The molecule has 0 saturated carbocycles. The van der Waals surface area contributed by atoms with Gasteiger partial charge in [0.05, 0.1) is 10.4 Å². The lowest BCUT2D eigenvalue weighted by Crippen LogP contribution is -2.48. The van der Waals surface area contributed by atoms with Crippen LogP contribution in [-0.4, -0.2) is 42.0 Å². The van der Waals surface area contributed by atoms with Gasteiger partial charge in [0, 0.05) is 52.4 Å². The minimum absolute atomic E-state index is 0.0529. The van der Waals surface area contributed by atoms with Crippen LogP contribution in [0.15, 0.2) is 54.6 Å². The van der Waals surface area contributed by atoms with E-state index >= 15 is 0 Å². The molecule has 4 nitrogen and oxygen atoms in total. The highest BCUT2D eigenvalue weighted by atomic mass is 35.5. The summed E-state index contributed by atoms with van der Waals surface area (Å²) in [5.74, 6) is 0.0529. The van der Waals surface area contributed by atoms with Crippen molar-refractivity contribution in [3.8, 4) is 0 Å². The van der Waals surface area contributed by atoms with Crippen molar-refractivity contribution >= 4 is 67.1 Å². The number of anilines is 1. The maximum atomic E-state index is 13.1. The van der Waals surface area contributed by atoms with E-state index in [0.717, 1.165) is 44.8 Å². The van der Waals surface area contributed by atoms with Crippen molar-refractivity contribution in [1.29, 1.82) is 0 Å². The number of hydrogen-bond donors (Lipinski definition) is 0. The first-order valence-corrected chi connectivity index (χ1v) is 10.9. The van der Waals surface area contributed by atoms with E-state index in [9.17, 15) is 4.79 Å². The number of fused-ring (bicyclic) bond motifs is 3. The number of thiophene rings is 1. The molecular formula is C22H17Cl2N3OS. The van der Waals surface area contributed by atoms with Gasteiger partial charge in [0.1, 0.15) is 5.15 Å². The maximum Gasteiger partial charge on any atom is 0.264 e. The molecule has 3 heterocycles. The number of hydrogen-bond acceptors (Lipinski definition) is 4. The quantitative estimate of drug-likeness (QED) is 0.373. The molecule has 4 aromatic rings. The number of para-hydroxylation sites is 1. The van der Waals surface area contributed by atoms with Gasteiger partial charge in [-0.2, -0.15) is 0 Å². The smallest absolute Gasteiger partial charge is 0.264 e. The predicted octanol–water partition coefficient (Wildman–Crippen LogP) is 5.72. The van der Waals surface area contributed by atoms with Crippen LogP contribution in [0.25, 0.3) is 21.0 Å². The molecule has 0 radical (unpaired) electrons. The summed E-state index contributed by atoms with van der Waals surface area (Å²) >= 11 is 14.0. The summed E-state index contributed by atoms with van der Waals surface area (Å²) in [6.07, 6.45) is 0. The fourth-order valence-corrected chi connectivity index (χ4v) is 5.42. The number of carbonyl (C=O) groups excluding carboxylic acids is 1. The normalized spacial score (nSPS) is 14.7. The second-order valence-electron chi connectivity index (χ2n) is 7.03. The van der Waals surface area contributed by atoms with Crippen molar-refractivity contribution < 1.29 is 4.79 Å². The van der Waals surface area contributed by atoms with Crippen LogP contribution in [0.1, 0.15) is 9.67 Å². The van der Waals surface area contributed by atoms with Crippen molar-refractivity contribution in [1.82, 2.24) is 9.88 Å². The zero-order valence-corrected chi connectivity index (χ0v) is 17.8. The molecule has 0 spiro atoms. The molecule has 1 saturated heterocycles. The summed E-state index contributed by atoms with van der Waals surface area (Å²) < 4.78 is 1.02. The number of aromatic nitrogens is 1. The van der Waals surface area contributed by atoms with Gasteiger partial charge in [-0.05, 0) is 30.3 Å². The third-order valence-corrected chi connectivity index (χ3v) is 6.95. The van der Waals surface area contributed by atoms with E-state index < -0.39 is 0 Å². The lowest BCUT2D eigenvalue weighted by Gasteiger charge is -2.36. The lowest BCUT2D eigenvalue weighted by molar-refractivity contribution is 0.0752. The summed E-state index contributed by atoms with van der Waals surface area (Å²) in [6.45, 7) is 2.91. The summed E-state index contributed by atoms with van der Waals surface area (Å²) in [4.78, 5) is 22.5. The number of carbonyl (C=O) groups is 1. The van der Waals surface area contributed by atoms with Crippen LogP contribution < -0.4 is 4.90 Å². The minimum Gasteiger partial charge on any atom is -0.368 e. The van der Waals surface area contributed by atoms with Gasteiger partial charge in [-0.3, -0.25) is 4.79 Å². The van der Waals surface area contributed by atoms with Crippen LogP contribution in [-0.2, 0) is 0 Å². The first-order valence-electron chi connectivity index (χ1n) is 9.38. The average Bonchev–Trinajstić information content (AvgIpc) is 3.20. The van der Waals surface area contributed by atoms with Gasteiger partial charge in [-0.15, -0.1) is 11.3 Å². The Kier molecular flexibility index (Phi) is 4.82. The Labute approximate surface area is 182 Å². The van der Waals surface area contributed by atoms with Crippen LogP contribution in [0.4, 0.5) is 5.69 Å². The van der Waals surface area contributed by atoms with Crippen LogP contribution in [0, 0.1) is 0 Å². The van der Waals surface area contributed by atoms with Gasteiger partial charge in [0.2, 0.25) is 0 Å². The minimum atomic E-state index is 0.0529. The summed E-state index contributed by atoms with van der Waals surface area (Å²) in [7, 11) is 0. The number of amides is 1. The second-order valence-corrected chi connectivity index (χ2v) is 8.88. The third-order valence-electron chi connectivity index (χ3n) is 5.27. The van der Waals surface area contributed by atoms with E-state index in [2.05, 4.69) is 16.0 Å². The largest absolute Gasteiger partial charge is 0.368 e. The number of pyridine rings is 1. The highest BCUT2D eigenvalue weighted by Gasteiger charge is 2.24. The lowest BCUT2D eigenvalue weighted by atomic mass is 10.2. The summed E-state index contributed by atoms with van der Waals surface area (Å²) in [5, 5.41) is 3.04. The maximum absolute atomic E-state index is 13.1. The van der Waals surface area contributed by atoms with Crippen molar-refractivity contribution in [2.75, 3.05) is 31.1 Å². The van der Waals surface area contributed by atoms with Gasteiger partial charge in [-0.1, -0.05) is 47.5 Å². The number of halogens is 2. The van der Waals surface area contributed by atoms with Crippen LogP contribution >= 0.6 is 34.5 Å². The van der Waals surface area contributed by atoms with Gasteiger partial charge in [-0.25, -0.2) is 4.98 Å². The fraction of sp³-hybridized carbons (Fsp3) is 0.182. The average molecular weight is 442 g/mol. The Morgan fingerprint density at radius 2 is 1.72 bits per heavy atom. The van der Waals surface area contributed by atoms with Crippen LogP contribution in [0.2, 0.25) is 10.2 Å². The van der Waals surface area contributed by atoms with Crippen molar-refractivity contribution in [2.45, 2.75) is 0 Å². The fourth-order valence-electron chi connectivity index (χ4n) is 3.78. The molecule has 5 rings (SSSR count). The van der Waals surface area contributed by atoms with Gasteiger partial charge < -0.3 is 9.80 Å². The summed E-state index contributed by atoms with van der Waals surface area (Å²) in [5.41, 5.74) is 1.94. The van der Waals surface area contributed by atoms with Crippen molar-refractivity contribution in [3.05, 3.63) is 69.7 Å². The van der Waals surface area contributed by atoms with E-state index in [1.165, 1.54) is 11.3 Å². The molecule has 0 unspecified atom stereocenters. The van der Waals surface area contributed by atoms with E-state index in [-0.39, 0.29) is 5.91 Å². The van der Waals surface area contributed by atoms with Gasteiger partial charge in [0.25, 0.3) is 5.91 Å². The molecule has 2 aromatic heterocycles.